The number of hydrogen-bond acceptors (Lipinski definition) is 2. The standard InChI is InChI=1S/C19H19F3N2OS/c20-19(21,22)15-7-4-8-16(13-15)23-18(25)24-10-9-17(26-12-11-24)14-5-2-1-3-6-14/h1-8,13,17H,9-12H2,(H,23,25)/t17-/m0/s1. The van der Waals surface area contributed by atoms with Gasteiger partial charge in [0.2, 0.25) is 0 Å². The molecule has 3 rings (SSSR count). The van der Waals surface area contributed by atoms with Gasteiger partial charge >= 0.3 is 12.2 Å². The van der Waals surface area contributed by atoms with Crippen molar-refractivity contribution in [2.45, 2.75) is 17.8 Å². The minimum Gasteiger partial charge on any atom is -0.324 e. The summed E-state index contributed by atoms with van der Waals surface area (Å²) < 4.78 is 38.4. The fraction of sp³-hybridized carbons (Fsp3) is 0.316. The molecule has 2 aromatic rings. The molecule has 26 heavy (non-hydrogen) atoms. The molecule has 0 bridgehead atoms. The van der Waals surface area contributed by atoms with Crippen molar-refractivity contribution in [3.8, 4) is 0 Å². The molecule has 0 radical (unpaired) electrons. The molecule has 1 fully saturated rings. The highest BCUT2D eigenvalue weighted by Crippen LogP contribution is 2.34. The Hall–Kier alpha value is -2.15. The molecule has 2 amide bonds. The third kappa shape index (κ3) is 4.72. The second-order valence-corrected chi connectivity index (χ2v) is 7.37. The lowest BCUT2D eigenvalue weighted by molar-refractivity contribution is -0.137. The van der Waals surface area contributed by atoms with E-state index in [2.05, 4.69) is 17.4 Å². The third-order valence-corrected chi connectivity index (χ3v) is 5.57. The van der Waals surface area contributed by atoms with Gasteiger partial charge in [-0.3, -0.25) is 0 Å². The first-order valence-electron chi connectivity index (χ1n) is 8.33. The Kier molecular flexibility index (Phi) is 5.76. The van der Waals surface area contributed by atoms with Crippen molar-refractivity contribution in [3.63, 3.8) is 0 Å². The summed E-state index contributed by atoms with van der Waals surface area (Å²) in [4.78, 5) is 14.1. The maximum Gasteiger partial charge on any atom is 0.416 e. The topological polar surface area (TPSA) is 32.3 Å². The number of halogens is 3. The minimum atomic E-state index is -4.43. The van der Waals surface area contributed by atoms with Gasteiger partial charge in [0.15, 0.2) is 0 Å². The molecule has 2 aromatic carbocycles. The number of alkyl halides is 3. The second-order valence-electron chi connectivity index (χ2n) is 6.05. The van der Waals surface area contributed by atoms with Gasteiger partial charge < -0.3 is 10.2 Å². The van der Waals surface area contributed by atoms with E-state index < -0.39 is 11.7 Å². The SMILES string of the molecule is O=C(Nc1cccc(C(F)(F)F)c1)N1CCS[C@H](c2ccccc2)CC1. The van der Waals surface area contributed by atoms with Gasteiger partial charge in [-0.05, 0) is 30.2 Å². The molecule has 138 valence electrons. The quantitative estimate of drug-likeness (QED) is 0.755. The smallest absolute Gasteiger partial charge is 0.324 e. The summed E-state index contributed by atoms with van der Waals surface area (Å²) in [5, 5.41) is 2.91. The van der Waals surface area contributed by atoms with Crippen LogP contribution in [0.1, 0.15) is 22.8 Å². The van der Waals surface area contributed by atoms with Crippen LogP contribution < -0.4 is 5.32 Å². The van der Waals surface area contributed by atoms with Gasteiger partial charge in [0.25, 0.3) is 0 Å². The molecule has 0 saturated carbocycles. The lowest BCUT2D eigenvalue weighted by Crippen LogP contribution is -2.36. The summed E-state index contributed by atoms with van der Waals surface area (Å²) in [7, 11) is 0. The van der Waals surface area contributed by atoms with Crippen LogP contribution in [0.2, 0.25) is 0 Å². The van der Waals surface area contributed by atoms with Crippen LogP contribution >= 0.6 is 11.8 Å². The van der Waals surface area contributed by atoms with Gasteiger partial charge in [0.05, 0.1) is 5.56 Å². The summed E-state index contributed by atoms with van der Waals surface area (Å²) in [6.07, 6.45) is -3.62. The van der Waals surface area contributed by atoms with Gasteiger partial charge in [-0.15, -0.1) is 0 Å². The average Bonchev–Trinajstić information content (AvgIpc) is 2.88. The fourth-order valence-electron chi connectivity index (χ4n) is 2.88. The predicted molar refractivity (Wildman–Crippen MR) is 98.3 cm³/mol. The summed E-state index contributed by atoms with van der Waals surface area (Å²) in [5.74, 6) is 0.787. The monoisotopic (exact) mass is 380 g/mol. The molecule has 0 spiro atoms. The summed E-state index contributed by atoms with van der Waals surface area (Å²) >= 11 is 1.80. The van der Waals surface area contributed by atoms with E-state index in [0.29, 0.717) is 18.3 Å². The van der Waals surface area contributed by atoms with Crippen LogP contribution in [-0.2, 0) is 6.18 Å². The molecule has 7 heteroatoms. The Bertz CT molecular complexity index is 752. The number of amides is 2. The van der Waals surface area contributed by atoms with Crippen LogP contribution in [0.4, 0.5) is 23.7 Å². The van der Waals surface area contributed by atoms with Gasteiger partial charge in [0.1, 0.15) is 0 Å². The average molecular weight is 380 g/mol. The third-order valence-electron chi connectivity index (χ3n) is 4.24. The Morgan fingerprint density at radius 1 is 1.08 bits per heavy atom. The van der Waals surface area contributed by atoms with Crippen LogP contribution in [-0.4, -0.2) is 29.8 Å². The highest BCUT2D eigenvalue weighted by Gasteiger charge is 2.30. The van der Waals surface area contributed by atoms with E-state index in [1.807, 2.05) is 18.2 Å². The van der Waals surface area contributed by atoms with E-state index in [1.165, 1.54) is 17.7 Å². The molecule has 1 aliphatic heterocycles. The van der Waals surface area contributed by atoms with E-state index in [1.54, 1.807) is 16.7 Å². The number of rotatable bonds is 2. The zero-order valence-electron chi connectivity index (χ0n) is 14.0. The largest absolute Gasteiger partial charge is 0.416 e. The number of urea groups is 1. The number of nitrogens with zero attached hydrogens (tertiary/aromatic N) is 1. The van der Waals surface area contributed by atoms with Crippen molar-refractivity contribution in [3.05, 3.63) is 65.7 Å². The highest BCUT2D eigenvalue weighted by molar-refractivity contribution is 7.99. The van der Waals surface area contributed by atoms with E-state index in [9.17, 15) is 18.0 Å². The summed E-state index contributed by atoms with van der Waals surface area (Å²) in [6, 6.07) is 14.5. The molecule has 0 aliphatic carbocycles. The predicted octanol–water partition coefficient (Wildman–Crippen LogP) is 5.42. The van der Waals surface area contributed by atoms with E-state index in [-0.39, 0.29) is 11.7 Å². The molecule has 3 nitrogen and oxygen atoms in total. The van der Waals surface area contributed by atoms with Crippen molar-refractivity contribution < 1.29 is 18.0 Å². The van der Waals surface area contributed by atoms with Crippen LogP contribution in [0.3, 0.4) is 0 Å². The van der Waals surface area contributed by atoms with Crippen LogP contribution in [0, 0.1) is 0 Å². The highest BCUT2D eigenvalue weighted by atomic mass is 32.2. The maximum atomic E-state index is 12.8. The molecule has 0 unspecified atom stereocenters. The molecule has 1 aliphatic rings. The molecule has 1 atom stereocenters. The van der Waals surface area contributed by atoms with E-state index in [0.717, 1.165) is 24.3 Å². The number of carbonyl (C=O) groups excluding carboxylic acids is 1. The Morgan fingerprint density at radius 2 is 1.85 bits per heavy atom. The van der Waals surface area contributed by atoms with Gasteiger partial charge in [-0.25, -0.2) is 4.79 Å². The Morgan fingerprint density at radius 3 is 2.58 bits per heavy atom. The van der Waals surface area contributed by atoms with E-state index in [4.69, 9.17) is 0 Å². The first kappa shape index (κ1) is 18.6. The minimum absolute atomic E-state index is 0.154. The second kappa shape index (κ2) is 8.03. The first-order valence-corrected chi connectivity index (χ1v) is 9.38. The molecule has 1 heterocycles. The van der Waals surface area contributed by atoms with Crippen LogP contribution in [0.15, 0.2) is 54.6 Å². The number of nitrogens with one attached hydrogen (secondary N) is 1. The van der Waals surface area contributed by atoms with Crippen molar-refractivity contribution in [1.29, 1.82) is 0 Å². The zero-order valence-corrected chi connectivity index (χ0v) is 14.8. The lowest BCUT2D eigenvalue weighted by atomic mass is 10.1. The maximum absolute atomic E-state index is 12.8. The van der Waals surface area contributed by atoms with Crippen molar-refractivity contribution in [1.82, 2.24) is 4.90 Å². The molecule has 1 N–H and O–H groups in total. The van der Waals surface area contributed by atoms with Gasteiger partial charge in [-0.2, -0.15) is 24.9 Å². The Labute approximate surface area is 154 Å². The molecular formula is C19H19F3N2OS. The number of anilines is 1. The molecule has 1 saturated heterocycles. The first-order chi connectivity index (χ1) is 12.4. The fourth-order valence-corrected chi connectivity index (χ4v) is 4.11. The normalized spacial score (nSPS) is 18.3. The number of thioether (sulfide) groups is 1. The number of hydrogen-bond donors (Lipinski definition) is 1. The summed E-state index contributed by atoms with van der Waals surface area (Å²) in [6.45, 7) is 1.14. The zero-order chi connectivity index (χ0) is 18.6. The molecule has 0 aromatic heterocycles. The summed E-state index contributed by atoms with van der Waals surface area (Å²) in [5.41, 5.74) is 0.616. The lowest BCUT2D eigenvalue weighted by Gasteiger charge is -2.21. The van der Waals surface area contributed by atoms with Crippen molar-refractivity contribution >= 4 is 23.5 Å². The van der Waals surface area contributed by atoms with Gasteiger partial charge in [-0.1, -0.05) is 36.4 Å². The number of carbonyl (C=O) groups is 1. The van der Waals surface area contributed by atoms with E-state index >= 15 is 0 Å². The Balaban J connectivity index is 1.62. The van der Waals surface area contributed by atoms with Crippen LogP contribution in [0.25, 0.3) is 0 Å². The van der Waals surface area contributed by atoms with Gasteiger partial charge in [0, 0.05) is 29.8 Å². The van der Waals surface area contributed by atoms with Crippen molar-refractivity contribution in [2.75, 3.05) is 24.2 Å². The number of benzene rings is 2. The van der Waals surface area contributed by atoms with Crippen molar-refractivity contribution in [2.24, 2.45) is 0 Å². The molecular weight excluding hydrogens is 361 g/mol. The van der Waals surface area contributed by atoms with Crippen LogP contribution in [0.5, 0.6) is 0 Å².